The SMILES string of the molecule is CCOC(=O)c1cc(-c2ccc(N)cc2)cc(CN2C(=O)c3ccccc32)n1. The van der Waals surface area contributed by atoms with Crippen molar-refractivity contribution in [3.63, 3.8) is 0 Å². The molecule has 0 spiro atoms. The van der Waals surface area contributed by atoms with E-state index in [2.05, 4.69) is 4.98 Å². The second kappa shape index (κ2) is 7.15. The summed E-state index contributed by atoms with van der Waals surface area (Å²) in [5.74, 6) is -0.538. The number of carbonyl (C=O) groups is 2. The van der Waals surface area contributed by atoms with Gasteiger partial charge in [0.05, 0.1) is 30.1 Å². The van der Waals surface area contributed by atoms with Crippen LogP contribution in [-0.2, 0) is 11.3 Å². The number of carbonyl (C=O) groups excluding carboxylic acids is 2. The normalized spacial score (nSPS) is 12.3. The largest absolute Gasteiger partial charge is 0.461 e. The van der Waals surface area contributed by atoms with Crippen LogP contribution in [0.3, 0.4) is 0 Å². The summed E-state index contributed by atoms with van der Waals surface area (Å²) < 4.78 is 5.11. The smallest absolute Gasteiger partial charge is 0.356 e. The Balaban J connectivity index is 1.71. The highest BCUT2D eigenvalue weighted by atomic mass is 16.5. The first-order valence-corrected chi connectivity index (χ1v) is 9.01. The third kappa shape index (κ3) is 3.20. The van der Waals surface area contributed by atoms with E-state index in [4.69, 9.17) is 10.5 Å². The zero-order valence-corrected chi connectivity index (χ0v) is 15.4. The molecule has 0 radical (unpaired) electrons. The second-order valence-electron chi connectivity index (χ2n) is 6.48. The molecule has 4 rings (SSSR count). The third-order valence-corrected chi connectivity index (χ3v) is 4.60. The van der Waals surface area contributed by atoms with E-state index in [1.54, 1.807) is 36.1 Å². The van der Waals surface area contributed by atoms with Gasteiger partial charge < -0.3 is 15.4 Å². The van der Waals surface area contributed by atoms with Crippen LogP contribution in [0.25, 0.3) is 11.1 Å². The lowest BCUT2D eigenvalue weighted by atomic mass is 10.0. The van der Waals surface area contributed by atoms with Gasteiger partial charge in [-0.2, -0.15) is 0 Å². The van der Waals surface area contributed by atoms with Crippen molar-refractivity contribution in [3.8, 4) is 11.1 Å². The van der Waals surface area contributed by atoms with Gasteiger partial charge in [-0.15, -0.1) is 0 Å². The van der Waals surface area contributed by atoms with Gasteiger partial charge in [-0.3, -0.25) is 4.79 Å². The Hall–Kier alpha value is -3.67. The summed E-state index contributed by atoms with van der Waals surface area (Å²) in [6.45, 7) is 2.29. The van der Waals surface area contributed by atoms with Gasteiger partial charge in [-0.1, -0.05) is 24.3 Å². The van der Waals surface area contributed by atoms with E-state index < -0.39 is 5.97 Å². The average molecular weight is 373 g/mol. The highest BCUT2D eigenvalue weighted by molar-refractivity contribution is 6.19. The van der Waals surface area contributed by atoms with Crippen molar-refractivity contribution in [2.75, 3.05) is 17.2 Å². The number of aromatic nitrogens is 1. The van der Waals surface area contributed by atoms with Gasteiger partial charge in [0.2, 0.25) is 0 Å². The maximum Gasteiger partial charge on any atom is 0.356 e. The summed E-state index contributed by atoms with van der Waals surface area (Å²) in [6.07, 6.45) is 0. The predicted molar refractivity (Wildman–Crippen MR) is 107 cm³/mol. The number of para-hydroxylation sites is 1. The molecule has 0 atom stereocenters. The molecule has 28 heavy (non-hydrogen) atoms. The van der Waals surface area contributed by atoms with Gasteiger partial charge >= 0.3 is 5.97 Å². The second-order valence-corrected chi connectivity index (χ2v) is 6.48. The fraction of sp³-hybridized carbons (Fsp3) is 0.136. The molecular formula is C22H19N3O3. The molecule has 1 amide bonds. The summed E-state index contributed by atoms with van der Waals surface area (Å²) in [6, 6.07) is 18.4. The third-order valence-electron chi connectivity index (χ3n) is 4.60. The average Bonchev–Trinajstić information content (AvgIpc) is 2.72. The Morgan fingerprint density at radius 3 is 2.57 bits per heavy atom. The van der Waals surface area contributed by atoms with Crippen LogP contribution in [0.4, 0.5) is 11.4 Å². The predicted octanol–water partition coefficient (Wildman–Crippen LogP) is 3.67. The van der Waals surface area contributed by atoms with Crippen molar-refractivity contribution in [1.29, 1.82) is 0 Å². The van der Waals surface area contributed by atoms with Gasteiger partial charge in [0.25, 0.3) is 5.91 Å². The molecule has 0 saturated heterocycles. The molecule has 2 aromatic carbocycles. The number of ether oxygens (including phenoxy) is 1. The molecule has 6 heteroatoms. The molecular weight excluding hydrogens is 354 g/mol. The van der Waals surface area contributed by atoms with E-state index in [0.29, 0.717) is 16.9 Å². The molecule has 1 aromatic heterocycles. The zero-order chi connectivity index (χ0) is 19.7. The number of anilines is 2. The maximum atomic E-state index is 12.4. The van der Waals surface area contributed by atoms with Crippen LogP contribution in [0.2, 0.25) is 0 Å². The number of hydrogen-bond donors (Lipinski definition) is 1. The molecule has 2 N–H and O–H groups in total. The number of nitrogen functional groups attached to an aromatic ring is 1. The Morgan fingerprint density at radius 2 is 1.82 bits per heavy atom. The lowest BCUT2D eigenvalue weighted by Crippen LogP contribution is -2.40. The molecule has 1 aliphatic rings. The number of amides is 1. The van der Waals surface area contributed by atoms with Crippen LogP contribution in [0.5, 0.6) is 0 Å². The van der Waals surface area contributed by atoms with Gasteiger partial charge in [0.1, 0.15) is 5.69 Å². The first-order valence-electron chi connectivity index (χ1n) is 9.01. The molecule has 3 aromatic rings. The maximum absolute atomic E-state index is 12.4. The molecule has 0 aliphatic carbocycles. The quantitative estimate of drug-likeness (QED) is 0.545. The van der Waals surface area contributed by atoms with Crippen molar-refractivity contribution < 1.29 is 14.3 Å². The van der Waals surface area contributed by atoms with Crippen LogP contribution >= 0.6 is 0 Å². The highest BCUT2D eigenvalue weighted by Gasteiger charge is 2.32. The number of nitrogens with zero attached hydrogens (tertiary/aromatic N) is 2. The summed E-state index contributed by atoms with van der Waals surface area (Å²) in [5.41, 5.74) is 10.5. The van der Waals surface area contributed by atoms with Gasteiger partial charge in [0, 0.05) is 5.69 Å². The molecule has 0 saturated carbocycles. The lowest BCUT2D eigenvalue weighted by molar-refractivity contribution is 0.0519. The lowest BCUT2D eigenvalue weighted by Gasteiger charge is -2.33. The van der Waals surface area contributed by atoms with Crippen LogP contribution in [0.15, 0.2) is 60.7 Å². The van der Waals surface area contributed by atoms with Crippen molar-refractivity contribution in [3.05, 3.63) is 77.6 Å². The Kier molecular flexibility index (Phi) is 4.53. The topological polar surface area (TPSA) is 85.5 Å². The van der Waals surface area contributed by atoms with E-state index in [-0.39, 0.29) is 24.8 Å². The van der Waals surface area contributed by atoms with E-state index >= 15 is 0 Å². The van der Waals surface area contributed by atoms with Crippen LogP contribution in [0.1, 0.15) is 33.5 Å². The van der Waals surface area contributed by atoms with E-state index in [1.165, 1.54) is 0 Å². The van der Waals surface area contributed by atoms with Crippen molar-refractivity contribution in [2.45, 2.75) is 13.5 Å². The highest BCUT2D eigenvalue weighted by Crippen LogP contribution is 2.34. The minimum absolute atomic E-state index is 0.0482. The number of rotatable bonds is 5. The monoisotopic (exact) mass is 373 g/mol. The van der Waals surface area contributed by atoms with Crippen LogP contribution in [-0.4, -0.2) is 23.5 Å². The fourth-order valence-corrected chi connectivity index (χ4v) is 3.23. The summed E-state index contributed by atoms with van der Waals surface area (Å²) in [7, 11) is 0. The zero-order valence-electron chi connectivity index (χ0n) is 15.4. The first-order chi connectivity index (χ1) is 13.6. The Bertz CT molecular complexity index is 1060. The van der Waals surface area contributed by atoms with E-state index in [1.807, 2.05) is 36.4 Å². The summed E-state index contributed by atoms with van der Waals surface area (Å²) in [5, 5.41) is 0. The van der Waals surface area contributed by atoms with Gasteiger partial charge in [-0.05, 0) is 54.4 Å². The fourth-order valence-electron chi connectivity index (χ4n) is 3.23. The standard InChI is InChI=1S/C22H19N3O3/c1-2-28-22(27)19-12-15(14-7-9-16(23)10-8-14)11-17(24-19)13-25-20-6-4-3-5-18(20)21(25)26/h3-12H,2,13,23H2,1H3. The Morgan fingerprint density at radius 1 is 1.07 bits per heavy atom. The van der Waals surface area contributed by atoms with Crippen LogP contribution < -0.4 is 10.6 Å². The van der Waals surface area contributed by atoms with E-state index in [9.17, 15) is 9.59 Å². The minimum Gasteiger partial charge on any atom is -0.461 e. The van der Waals surface area contributed by atoms with Gasteiger partial charge in [-0.25, -0.2) is 9.78 Å². The molecule has 6 nitrogen and oxygen atoms in total. The number of fused-ring (bicyclic) bond motifs is 1. The molecule has 0 unspecified atom stereocenters. The number of hydrogen-bond acceptors (Lipinski definition) is 5. The minimum atomic E-state index is -0.489. The summed E-state index contributed by atoms with van der Waals surface area (Å²) in [4.78, 5) is 30.7. The molecule has 2 heterocycles. The van der Waals surface area contributed by atoms with Crippen molar-refractivity contribution in [1.82, 2.24) is 4.98 Å². The number of nitrogens with two attached hydrogens (primary N) is 1. The molecule has 140 valence electrons. The van der Waals surface area contributed by atoms with Gasteiger partial charge in [0.15, 0.2) is 0 Å². The first kappa shape index (κ1) is 17.7. The molecule has 0 bridgehead atoms. The van der Waals surface area contributed by atoms with Crippen LogP contribution in [0, 0.1) is 0 Å². The molecule has 0 fully saturated rings. The number of benzene rings is 2. The van der Waals surface area contributed by atoms with E-state index in [0.717, 1.165) is 16.8 Å². The number of esters is 1. The van der Waals surface area contributed by atoms with Crippen molar-refractivity contribution >= 4 is 23.3 Å². The molecule has 1 aliphatic heterocycles. The summed E-state index contributed by atoms with van der Waals surface area (Å²) >= 11 is 0. The Labute approximate surface area is 162 Å². The number of pyridine rings is 1. The van der Waals surface area contributed by atoms with Crippen molar-refractivity contribution in [2.24, 2.45) is 0 Å².